The van der Waals surface area contributed by atoms with Gasteiger partial charge < -0.3 is 25.2 Å². The molecule has 3 atom stereocenters. The minimum Gasteiger partial charge on any atom is -0.507 e. The Bertz CT molecular complexity index is 1170. The van der Waals surface area contributed by atoms with Crippen molar-refractivity contribution in [3.63, 3.8) is 0 Å². The summed E-state index contributed by atoms with van der Waals surface area (Å²) >= 11 is 2.43. The highest BCUT2D eigenvalue weighted by molar-refractivity contribution is 9.09. The highest BCUT2D eigenvalue weighted by atomic mass is 79.9. The molecule has 2 aromatic carbocycles. The number of phenols is 2. The average Bonchev–Trinajstić information content (AvgIpc) is 2.72. The van der Waals surface area contributed by atoms with Gasteiger partial charge in [-0.05, 0) is 22.0 Å². The third-order valence-electron chi connectivity index (χ3n) is 5.75. The molecule has 0 amide bonds. The SMILES string of the molecule is COc1cccc2c1C(=O)c1c(O)c3c(c(O)c1C2=O)C[C@@](O)(C(=O)C(F)Br)C[C@@H]3O. The van der Waals surface area contributed by atoms with Crippen LogP contribution in [0.15, 0.2) is 18.2 Å². The van der Waals surface area contributed by atoms with Crippen LogP contribution >= 0.6 is 15.9 Å². The molecule has 4 rings (SSSR count). The summed E-state index contributed by atoms with van der Waals surface area (Å²) in [5.41, 5.74) is -4.24. The zero-order valence-corrected chi connectivity index (χ0v) is 17.6. The van der Waals surface area contributed by atoms with E-state index in [2.05, 4.69) is 15.9 Å². The van der Waals surface area contributed by atoms with E-state index in [1.54, 1.807) is 0 Å². The van der Waals surface area contributed by atoms with Gasteiger partial charge in [0.15, 0.2) is 5.78 Å². The number of halogens is 2. The summed E-state index contributed by atoms with van der Waals surface area (Å²) in [6.07, 6.45) is -3.08. The van der Waals surface area contributed by atoms with Crippen LogP contribution in [-0.2, 0) is 11.2 Å². The van der Waals surface area contributed by atoms with E-state index in [1.165, 1.54) is 25.3 Å². The minimum absolute atomic E-state index is 0.0709. The molecule has 10 heteroatoms. The summed E-state index contributed by atoms with van der Waals surface area (Å²) < 4.78 is 18.7. The Morgan fingerprint density at radius 2 is 1.84 bits per heavy atom. The lowest BCUT2D eigenvalue weighted by Crippen LogP contribution is -2.48. The summed E-state index contributed by atoms with van der Waals surface area (Å²) in [4.78, 5) is 38.5. The minimum atomic E-state index is -2.41. The number of ether oxygens (including phenoxy) is 1. The van der Waals surface area contributed by atoms with Gasteiger partial charge >= 0.3 is 0 Å². The Morgan fingerprint density at radius 3 is 2.45 bits per heavy atom. The standard InChI is InChI=1S/C21H16BrFO8/c1-31-10-4-2-3-7-12(10)18(28)14-13(15(7)25)16(26)8-5-21(30,19(29)20(22)23)6-9(24)11(8)17(14)27/h2-4,9,20,24,26-27,30H,5-6H2,1H3/t9-,20?,21-/m0/s1. The quantitative estimate of drug-likeness (QED) is 0.319. The van der Waals surface area contributed by atoms with Crippen molar-refractivity contribution in [3.8, 4) is 17.2 Å². The van der Waals surface area contributed by atoms with Crippen LogP contribution in [0.4, 0.5) is 4.39 Å². The molecule has 0 saturated carbocycles. The smallest absolute Gasteiger partial charge is 0.215 e. The number of hydrogen-bond acceptors (Lipinski definition) is 8. The fourth-order valence-electron chi connectivity index (χ4n) is 4.33. The number of aliphatic hydroxyl groups is 2. The molecule has 0 heterocycles. The molecule has 1 unspecified atom stereocenters. The third-order valence-corrected chi connectivity index (χ3v) is 6.17. The number of fused-ring (bicyclic) bond motifs is 3. The van der Waals surface area contributed by atoms with Gasteiger partial charge in [0.2, 0.25) is 16.6 Å². The van der Waals surface area contributed by atoms with Gasteiger partial charge in [-0.3, -0.25) is 14.4 Å². The molecule has 31 heavy (non-hydrogen) atoms. The topological polar surface area (TPSA) is 141 Å². The monoisotopic (exact) mass is 494 g/mol. The number of rotatable bonds is 3. The fourth-order valence-corrected chi connectivity index (χ4v) is 4.76. The van der Waals surface area contributed by atoms with Crippen molar-refractivity contribution >= 4 is 33.3 Å². The van der Waals surface area contributed by atoms with Crippen LogP contribution in [-0.4, -0.2) is 55.6 Å². The second-order valence-electron chi connectivity index (χ2n) is 7.47. The number of benzene rings is 2. The molecule has 2 aliphatic rings. The van der Waals surface area contributed by atoms with Gasteiger partial charge in [-0.15, -0.1) is 0 Å². The molecule has 0 radical (unpaired) electrons. The van der Waals surface area contributed by atoms with E-state index in [1.807, 2.05) is 0 Å². The van der Waals surface area contributed by atoms with Gasteiger partial charge in [0.05, 0.1) is 29.9 Å². The number of Topliss-reactive ketones (excluding diaryl/α,β-unsaturated/α-hetero) is 1. The third kappa shape index (κ3) is 2.89. The first-order valence-electron chi connectivity index (χ1n) is 9.13. The molecule has 0 saturated heterocycles. The van der Waals surface area contributed by atoms with Crippen LogP contribution < -0.4 is 4.74 Å². The lowest BCUT2D eigenvalue weighted by atomic mass is 9.72. The van der Waals surface area contributed by atoms with Crippen LogP contribution in [0.25, 0.3) is 0 Å². The number of phenolic OH excluding ortho intramolecular Hbond substituents is 2. The van der Waals surface area contributed by atoms with Gasteiger partial charge in [0, 0.05) is 29.5 Å². The molecule has 8 nitrogen and oxygen atoms in total. The van der Waals surface area contributed by atoms with Crippen molar-refractivity contribution in [2.24, 2.45) is 0 Å². The van der Waals surface area contributed by atoms with E-state index in [4.69, 9.17) is 4.74 Å². The summed E-state index contributed by atoms with van der Waals surface area (Å²) in [5.74, 6) is -4.32. The van der Waals surface area contributed by atoms with E-state index in [-0.39, 0.29) is 28.0 Å². The first kappa shape index (κ1) is 21.4. The van der Waals surface area contributed by atoms with E-state index < -0.39 is 69.6 Å². The number of alkyl halides is 2. The van der Waals surface area contributed by atoms with Gasteiger partial charge in [0.1, 0.15) is 22.8 Å². The maximum atomic E-state index is 13.5. The van der Waals surface area contributed by atoms with E-state index in [0.29, 0.717) is 0 Å². The highest BCUT2D eigenvalue weighted by Crippen LogP contribution is 2.51. The Balaban J connectivity index is 1.99. The molecule has 162 valence electrons. The van der Waals surface area contributed by atoms with Gasteiger partial charge in [-0.2, -0.15) is 0 Å². The van der Waals surface area contributed by atoms with E-state index >= 15 is 0 Å². The van der Waals surface area contributed by atoms with Crippen molar-refractivity contribution in [1.29, 1.82) is 0 Å². The molecule has 4 N–H and O–H groups in total. The molecule has 0 aliphatic heterocycles. The molecule has 0 spiro atoms. The number of carbonyl (C=O) groups excluding carboxylic acids is 3. The Kier molecular flexibility index (Phi) is 4.91. The Hall–Kier alpha value is -2.82. The first-order valence-corrected chi connectivity index (χ1v) is 10.0. The molecule has 2 aliphatic carbocycles. The maximum absolute atomic E-state index is 13.5. The summed E-state index contributed by atoms with van der Waals surface area (Å²) in [6.45, 7) is 0. The van der Waals surface area contributed by atoms with Gasteiger partial charge in [0.25, 0.3) is 0 Å². The van der Waals surface area contributed by atoms with Crippen molar-refractivity contribution in [2.75, 3.05) is 7.11 Å². The number of aliphatic hydroxyl groups excluding tert-OH is 1. The van der Waals surface area contributed by atoms with E-state index in [9.17, 15) is 39.2 Å². The van der Waals surface area contributed by atoms with Crippen LogP contribution in [0.5, 0.6) is 17.2 Å². The normalized spacial score (nSPS) is 22.9. The number of methoxy groups -OCH3 is 1. The summed E-state index contributed by atoms with van der Waals surface area (Å²) in [5, 5.41) is 40.7. The zero-order valence-electron chi connectivity index (χ0n) is 16.0. The molecular formula is C21H16BrFO8. The van der Waals surface area contributed by atoms with Gasteiger partial charge in [-0.1, -0.05) is 12.1 Å². The second-order valence-corrected chi connectivity index (χ2v) is 8.28. The van der Waals surface area contributed by atoms with E-state index in [0.717, 1.165) is 0 Å². The number of carbonyl (C=O) groups is 3. The first-order chi connectivity index (χ1) is 14.5. The Morgan fingerprint density at radius 1 is 1.19 bits per heavy atom. The van der Waals surface area contributed by atoms with Crippen LogP contribution in [0, 0.1) is 0 Å². The summed E-state index contributed by atoms with van der Waals surface area (Å²) in [6, 6.07) is 4.28. The highest BCUT2D eigenvalue weighted by Gasteiger charge is 2.49. The summed E-state index contributed by atoms with van der Waals surface area (Å²) in [7, 11) is 1.30. The molecule has 2 aromatic rings. The molecule has 0 fully saturated rings. The lowest BCUT2D eigenvalue weighted by Gasteiger charge is -2.37. The average molecular weight is 495 g/mol. The zero-order chi connectivity index (χ0) is 22.8. The maximum Gasteiger partial charge on any atom is 0.215 e. The molecule has 0 bridgehead atoms. The van der Waals surface area contributed by atoms with Crippen molar-refractivity contribution in [3.05, 3.63) is 51.6 Å². The van der Waals surface area contributed by atoms with Crippen molar-refractivity contribution < 1.29 is 43.9 Å². The van der Waals surface area contributed by atoms with Crippen LogP contribution in [0.2, 0.25) is 0 Å². The lowest BCUT2D eigenvalue weighted by molar-refractivity contribution is -0.144. The predicted octanol–water partition coefficient (Wildman–Crippen LogP) is 1.85. The van der Waals surface area contributed by atoms with Crippen molar-refractivity contribution in [2.45, 2.75) is 29.6 Å². The second kappa shape index (κ2) is 7.11. The van der Waals surface area contributed by atoms with Crippen molar-refractivity contribution in [1.82, 2.24) is 0 Å². The predicted molar refractivity (Wildman–Crippen MR) is 107 cm³/mol. The number of aromatic hydroxyl groups is 2. The number of hydrogen-bond donors (Lipinski definition) is 4. The van der Waals surface area contributed by atoms with Gasteiger partial charge in [-0.25, -0.2) is 4.39 Å². The fraction of sp³-hybridized carbons (Fsp3) is 0.286. The number of ketones is 3. The Labute approximate surface area is 183 Å². The largest absolute Gasteiger partial charge is 0.507 e. The molecule has 0 aromatic heterocycles. The van der Waals surface area contributed by atoms with Crippen LogP contribution in [0.1, 0.15) is 55.5 Å². The van der Waals surface area contributed by atoms with Crippen LogP contribution in [0.3, 0.4) is 0 Å². The molecular weight excluding hydrogens is 479 g/mol.